The fourth-order valence-corrected chi connectivity index (χ4v) is 2.16. The summed E-state index contributed by atoms with van der Waals surface area (Å²) >= 11 is 0. The molecule has 0 aliphatic carbocycles. The second-order valence-electron chi connectivity index (χ2n) is 4.60. The van der Waals surface area contributed by atoms with Crippen LogP contribution in [0.2, 0.25) is 0 Å². The van der Waals surface area contributed by atoms with Crippen LogP contribution in [-0.2, 0) is 4.74 Å². The molecule has 1 unspecified atom stereocenters. The highest BCUT2D eigenvalue weighted by molar-refractivity contribution is 5.93. The minimum absolute atomic E-state index is 0.161. The molecule has 1 atom stereocenters. The predicted octanol–water partition coefficient (Wildman–Crippen LogP) is 2.49. The number of ether oxygens (including phenoxy) is 1. The number of aromatic nitrogens is 4. The number of carbonyl (C=O) groups is 1. The van der Waals surface area contributed by atoms with Crippen LogP contribution in [0, 0.1) is 0 Å². The van der Waals surface area contributed by atoms with Crippen molar-refractivity contribution in [2.75, 3.05) is 7.11 Å². The van der Waals surface area contributed by atoms with E-state index in [-0.39, 0.29) is 11.7 Å². The largest absolute Gasteiger partial charge is 0.464 e. The summed E-state index contributed by atoms with van der Waals surface area (Å²) in [5, 5.41) is 8.11. The zero-order valence-corrected chi connectivity index (χ0v) is 11.9. The molecule has 2 aromatic heterocycles. The third-order valence-corrected chi connectivity index (χ3v) is 3.15. The summed E-state index contributed by atoms with van der Waals surface area (Å²) in [7, 11) is 1.34. The topological polar surface area (TPSA) is 69.9 Å². The van der Waals surface area contributed by atoms with Gasteiger partial charge in [-0.05, 0) is 25.5 Å². The molecule has 6 heteroatoms. The van der Waals surface area contributed by atoms with Crippen LogP contribution in [0.1, 0.15) is 43.2 Å². The van der Waals surface area contributed by atoms with Gasteiger partial charge in [0.25, 0.3) is 0 Å². The Labute approximate surface area is 117 Å². The zero-order chi connectivity index (χ0) is 14.5. The Hall–Kier alpha value is -2.24. The highest BCUT2D eigenvalue weighted by Crippen LogP contribution is 2.26. The van der Waals surface area contributed by atoms with Gasteiger partial charge in [0.1, 0.15) is 5.69 Å². The van der Waals surface area contributed by atoms with Crippen LogP contribution in [-0.4, -0.2) is 33.1 Å². The lowest BCUT2D eigenvalue weighted by Gasteiger charge is -2.14. The normalized spacial score (nSPS) is 12.2. The molecule has 0 amide bonds. The van der Waals surface area contributed by atoms with Crippen molar-refractivity contribution < 1.29 is 9.53 Å². The van der Waals surface area contributed by atoms with Crippen molar-refractivity contribution >= 4 is 5.97 Å². The fourth-order valence-electron chi connectivity index (χ4n) is 2.16. The zero-order valence-electron chi connectivity index (χ0n) is 11.9. The number of hydrogen-bond donors (Lipinski definition) is 0. The van der Waals surface area contributed by atoms with Crippen molar-refractivity contribution in [2.24, 2.45) is 0 Å². The molecule has 2 heterocycles. The fraction of sp³-hybridized carbons (Fsp3) is 0.429. The number of methoxy groups -OCH3 is 1. The number of rotatable bonds is 5. The second kappa shape index (κ2) is 6.27. The van der Waals surface area contributed by atoms with Gasteiger partial charge in [-0.3, -0.25) is 4.98 Å². The van der Waals surface area contributed by atoms with Gasteiger partial charge in [0.2, 0.25) is 0 Å². The Morgan fingerprint density at radius 2 is 2.10 bits per heavy atom. The van der Waals surface area contributed by atoms with Crippen molar-refractivity contribution in [2.45, 2.75) is 32.7 Å². The molecule has 0 spiro atoms. The van der Waals surface area contributed by atoms with Gasteiger partial charge in [0.15, 0.2) is 5.69 Å². The van der Waals surface area contributed by atoms with Crippen LogP contribution in [0.15, 0.2) is 24.5 Å². The Bertz CT molecular complexity index is 580. The van der Waals surface area contributed by atoms with Crippen LogP contribution in [0.4, 0.5) is 0 Å². The van der Waals surface area contributed by atoms with Crippen LogP contribution >= 0.6 is 0 Å². The summed E-state index contributed by atoms with van der Waals surface area (Å²) in [5.41, 5.74) is 1.77. The van der Waals surface area contributed by atoms with Crippen molar-refractivity contribution in [1.82, 2.24) is 20.0 Å². The highest BCUT2D eigenvalue weighted by Gasteiger charge is 2.23. The Morgan fingerprint density at radius 3 is 2.70 bits per heavy atom. The number of pyridine rings is 1. The average Bonchev–Trinajstić information content (AvgIpc) is 2.92. The summed E-state index contributed by atoms with van der Waals surface area (Å²) in [5.74, 6) is -0.480. The van der Waals surface area contributed by atoms with E-state index in [0.717, 1.165) is 18.4 Å². The Balaban J connectivity index is 2.54. The number of carbonyl (C=O) groups excluding carboxylic acids is 1. The molecule has 20 heavy (non-hydrogen) atoms. The van der Waals surface area contributed by atoms with E-state index in [1.165, 1.54) is 7.11 Å². The van der Waals surface area contributed by atoms with Crippen LogP contribution in [0.5, 0.6) is 0 Å². The van der Waals surface area contributed by atoms with Crippen molar-refractivity contribution in [3.8, 4) is 11.3 Å². The third kappa shape index (κ3) is 2.68. The molecule has 2 rings (SSSR count). The van der Waals surface area contributed by atoms with Crippen LogP contribution in [0.3, 0.4) is 0 Å². The van der Waals surface area contributed by atoms with Crippen molar-refractivity contribution in [3.05, 3.63) is 30.2 Å². The van der Waals surface area contributed by atoms with Gasteiger partial charge in [-0.25, -0.2) is 9.48 Å². The number of nitrogens with zero attached hydrogens (tertiary/aromatic N) is 4. The third-order valence-electron chi connectivity index (χ3n) is 3.15. The summed E-state index contributed by atoms with van der Waals surface area (Å²) in [6, 6.07) is 3.83. The lowest BCUT2D eigenvalue weighted by Crippen LogP contribution is -2.10. The first kappa shape index (κ1) is 14.2. The van der Waals surface area contributed by atoms with Gasteiger partial charge >= 0.3 is 5.97 Å². The van der Waals surface area contributed by atoms with E-state index < -0.39 is 5.97 Å². The maximum atomic E-state index is 11.8. The van der Waals surface area contributed by atoms with Gasteiger partial charge in [0.05, 0.1) is 13.2 Å². The van der Waals surface area contributed by atoms with Crippen LogP contribution in [0.25, 0.3) is 11.3 Å². The first-order chi connectivity index (χ1) is 9.69. The maximum Gasteiger partial charge on any atom is 0.360 e. The molecule has 0 bridgehead atoms. The number of hydrogen-bond acceptors (Lipinski definition) is 5. The summed E-state index contributed by atoms with van der Waals surface area (Å²) in [4.78, 5) is 15.8. The monoisotopic (exact) mass is 274 g/mol. The van der Waals surface area contributed by atoms with E-state index in [2.05, 4.69) is 29.1 Å². The molecule has 0 aliphatic rings. The molecule has 0 saturated heterocycles. The van der Waals surface area contributed by atoms with E-state index in [4.69, 9.17) is 4.74 Å². The molecule has 0 N–H and O–H groups in total. The summed E-state index contributed by atoms with van der Waals surface area (Å²) < 4.78 is 6.56. The summed E-state index contributed by atoms with van der Waals surface area (Å²) in [6.07, 6.45) is 5.35. The molecule has 106 valence electrons. The maximum absolute atomic E-state index is 11.8. The standard InChI is InChI=1S/C14H18N4O2/c1-4-5-10(2)18-13(11-6-8-15-9-7-11)12(16-17-18)14(19)20-3/h6-10H,4-5H2,1-3H3. The molecule has 2 aromatic rings. The first-order valence-electron chi connectivity index (χ1n) is 6.63. The molecule has 0 radical (unpaired) electrons. The molecule has 6 nitrogen and oxygen atoms in total. The van der Waals surface area contributed by atoms with E-state index in [1.54, 1.807) is 17.1 Å². The lowest BCUT2D eigenvalue weighted by molar-refractivity contribution is 0.0595. The van der Waals surface area contributed by atoms with Crippen molar-refractivity contribution in [1.29, 1.82) is 0 Å². The lowest BCUT2D eigenvalue weighted by atomic mass is 10.1. The average molecular weight is 274 g/mol. The second-order valence-corrected chi connectivity index (χ2v) is 4.60. The van der Waals surface area contributed by atoms with E-state index in [1.807, 2.05) is 12.1 Å². The van der Waals surface area contributed by atoms with E-state index in [0.29, 0.717) is 5.69 Å². The van der Waals surface area contributed by atoms with Gasteiger partial charge in [0, 0.05) is 18.0 Å². The molecule has 0 aromatic carbocycles. The molecule has 0 fully saturated rings. The van der Waals surface area contributed by atoms with Crippen LogP contribution < -0.4 is 0 Å². The van der Waals surface area contributed by atoms with Gasteiger partial charge in [-0.15, -0.1) is 5.10 Å². The minimum atomic E-state index is -0.480. The molecule has 0 aliphatic heterocycles. The van der Waals surface area contributed by atoms with Gasteiger partial charge in [-0.1, -0.05) is 18.6 Å². The molecular formula is C14H18N4O2. The molecular weight excluding hydrogens is 256 g/mol. The summed E-state index contributed by atoms with van der Waals surface area (Å²) in [6.45, 7) is 4.17. The van der Waals surface area contributed by atoms with E-state index in [9.17, 15) is 4.79 Å². The van der Waals surface area contributed by atoms with Gasteiger partial charge < -0.3 is 4.74 Å². The predicted molar refractivity (Wildman–Crippen MR) is 74.2 cm³/mol. The van der Waals surface area contributed by atoms with Gasteiger partial charge in [-0.2, -0.15) is 0 Å². The first-order valence-corrected chi connectivity index (χ1v) is 6.63. The quantitative estimate of drug-likeness (QED) is 0.783. The molecule has 0 saturated carbocycles. The Morgan fingerprint density at radius 1 is 1.40 bits per heavy atom. The Kier molecular flexibility index (Phi) is 4.45. The highest BCUT2D eigenvalue weighted by atomic mass is 16.5. The SMILES string of the molecule is CCCC(C)n1nnc(C(=O)OC)c1-c1ccncc1. The minimum Gasteiger partial charge on any atom is -0.464 e. The van der Waals surface area contributed by atoms with E-state index >= 15 is 0 Å². The number of esters is 1. The van der Waals surface area contributed by atoms with Crippen molar-refractivity contribution in [3.63, 3.8) is 0 Å². The smallest absolute Gasteiger partial charge is 0.360 e.